The van der Waals surface area contributed by atoms with Crippen molar-refractivity contribution in [2.24, 2.45) is 5.41 Å². The van der Waals surface area contributed by atoms with E-state index in [0.717, 1.165) is 21.3 Å². The van der Waals surface area contributed by atoms with Gasteiger partial charge in [-0.05, 0) is 36.2 Å². The smallest absolute Gasteiger partial charge is 0.329 e. The molecule has 1 aliphatic carbocycles. The van der Waals surface area contributed by atoms with E-state index in [1.165, 1.54) is 0 Å². The Kier molecular flexibility index (Phi) is 5.04. The Bertz CT molecular complexity index is 1380. The maximum absolute atomic E-state index is 14.3. The minimum atomic E-state index is -1.49. The van der Waals surface area contributed by atoms with Crippen LogP contribution in [0.25, 0.3) is 6.08 Å². The lowest BCUT2D eigenvalue weighted by Crippen LogP contribution is -2.48. The number of esters is 1. The summed E-state index contributed by atoms with van der Waals surface area (Å²) in [5, 5.41) is 0. The third-order valence-electron chi connectivity index (χ3n) is 7.47. The molecular weight excluding hydrogens is 506 g/mol. The minimum absolute atomic E-state index is 0.202. The number of anilines is 1. The lowest BCUT2D eigenvalue weighted by atomic mass is 9.65. The number of Topliss-reactive ketones (excluding diaryl/α,β-unsaturated/α-hetero) is 2. The fourth-order valence-corrected chi connectivity index (χ4v) is 6.42. The van der Waals surface area contributed by atoms with Gasteiger partial charge in [0.2, 0.25) is 0 Å². The molecule has 0 saturated carbocycles. The maximum Gasteiger partial charge on any atom is 0.329 e. The van der Waals surface area contributed by atoms with Gasteiger partial charge < -0.3 is 9.64 Å². The summed E-state index contributed by atoms with van der Waals surface area (Å²) >= 11 is 3.48. The molecule has 3 aromatic carbocycles. The average molecular weight is 528 g/mol. The Labute approximate surface area is 211 Å². The van der Waals surface area contributed by atoms with Crippen LogP contribution in [0.5, 0.6) is 0 Å². The third kappa shape index (κ3) is 2.89. The van der Waals surface area contributed by atoms with Gasteiger partial charge in [0, 0.05) is 27.2 Å². The van der Waals surface area contributed by atoms with Gasteiger partial charge in [-0.25, -0.2) is 4.79 Å². The first kappa shape index (κ1) is 22.0. The van der Waals surface area contributed by atoms with Gasteiger partial charge in [-0.1, -0.05) is 82.7 Å². The number of nitrogens with zero attached hydrogens (tertiary/aromatic N) is 1. The lowest BCUT2D eigenvalue weighted by molar-refractivity contribution is -0.145. The Morgan fingerprint density at radius 1 is 0.943 bits per heavy atom. The second kappa shape index (κ2) is 8.02. The fraction of sp³-hybridized carbons (Fsp3) is 0.207. The van der Waals surface area contributed by atoms with Crippen molar-refractivity contribution in [1.29, 1.82) is 0 Å². The summed E-state index contributed by atoms with van der Waals surface area (Å²) in [4.78, 5) is 44.3. The van der Waals surface area contributed by atoms with Crippen molar-refractivity contribution in [1.82, 2.24) is 0 Å². The zero-order valence-corrected chi connectivity index (χ0v) is 20.6. The molecule has 3 aromatic rings. The number of halogens is 1. The molecule has 0 bridgehead atoms. The van der Waals surface area contributed by atoms with E-state index >= 15 is 0 Å². The predicted octanol–water partition coefficient (Wildman–Crippen LogP) is 5.45. The Hall–Kier alpha value is -3.51. The summed E-state index contributed by atoms with van der Waals surface area (Å²) in [6.07, 6.45) is 3.86. The van der Waals surface area contributed by atoms with Gasteiger partial charge in [0.25, 0.3) is 0 Å². The van der Waals surface area contributed by atoms with Crippen molar-refractivity contribution in [2.45, 2.75) is 24.9 Å². The van der Waals surface area contributed by atoms with E-state index < -0.39 is 29.4 Å². The van der Waals surface area contributed by atoms with Crippen LogP contribution in [0.2, 0.25) is 0 Å². The first-order valence-corrected chi connectivity index (χ1v) is 12.5. The second-order valence-corrected chi connectivity index (χ2v) is 9.98. The highest BCUT2D eigenvalue weighted by Crippen LogP contribution is 2.60. The van der Waals surface area contributed by atoms with Gasteiger partial charge in [-0.3, -0.25) is 9.59 Å². The monoisotopic (exact) mass is 527 g/mol. The largest absolute Gasteiger partial charge is 0.464 e. The van der Waals surface area contributed by atoms with E-state index in [1.807, 2.05) is 65.6 Å². The molecule has 0 N–H and O–H groups in total. The van der Waals surface area contributed by atoms with Crippen LogP contribution >= 0.6 is 15.9 Å². The highest BCUT2D eigenvalue weighted by Gasteiger charge is 2.71. The molecule has 35 heavy (non-hydrogen) atoms. The molecule has 1 fully saturated rings. The molecule has 1 saturated heterocycles. The summed E-state index contributed by atoms with van der Waals surface area (Å²) in [7, 11) is 0. The standard InChI is InChI=1S/C29H22BrNO4/c1-2-35-28(34)25-24(18-11-14-19(30)15-12-18)29(26(32)20-8-4-5-9-21(20)27(29)33)23-16-13-17-7-3-6-10-22(17)31(23)25/h3-16,23-25H,2H2,1H3/t23-,24-,25+/m0/s1. The molecule has 1 spiro atoms. The maximum atomic E-state index is 14.3. The molecular formula is C29H22BrNO4. The molecule has 6 rings (SSSR count). The number of fused-ring (bicyclic) bond motifs is 5. The highest BCUT2D eigenvalue weighted by atomic mass is 79.9. The van der Waals surface area contributed by atoms with Crippen LogP contribution < -0.4 is 4.90 Å². The van der Waals surface area contributed by atoms with E-state index in [-0.39, 0.29) is 18.2 Å². The van der Waals surface area contributed by atoms with Crippen molar-refractivity contribution in [3.63, 3.8) is 0 Å². The number of hydrogen-bond acceptors (Lipinski definition) is 5. The van der Waals surface area contributed by atoms with Crippen LogP contribution in [-0.4, -0.2) is 36.2 Å². The fourth-order valence-electron chi connectivity index (χ4n) is 6.16. The normalized spacial score (nSPS) is 23.3. The van der Waals surface area contributed by atoms with Crippen LogP contribution in [0.3, 0.4) is 0 Å². The van der Waals surface area contributed by atoms with Gasteiger partial charge in [0.05, 0.1) is 12.6 Å². The first-order chi connectivity index (χ1) is 17.0. The Morgan fingerprint density at radius 3 is 2.23 bits per heavy atom. The van der Waals surface area contributed by atoms with E-state index in [0.29, 0.717) is 11.1 Å². The molecule has 2 heterocycles. The topological polar surface area (TPSA) is 63.7 Å². The number of benzene rings is 3. The third-order valence-corrected chi connectivity index (χ3v) is 8.00. The molecule has 0 amide bonds. The van der Waals surface area contributed by atoms with Crippen molar-refractivity contribution in [3.8, 4) is 0 Å². The zero-order chi connectivity index (χ0) is 24.3. The number of carbonyl (C=O) groups is 3. The number of rotatable bonds is 3. The van der Waals surface area contributed by atoms with Gasteiger partial charge in [-0.2, -0.15) is 0 Å². The van der Waals surface area contributed by atoms with Crippen molar-refractivity contribution in [3.05, 3.63) is 106 Å². The van der Waals surface area contributed by atoms with Crippen molar-refractivity contribution in [2.75, 3.05) is 11.5 Å². The van der Waals surface area contributed by atoms with E-state index in [1.54, 1.807) is 31.2 Å². The predicted molar refractivity (Wildman–Crippen MR) is 137 cm³/mol. The van der Waals surface area contributed by atoms with Crippen LogP contribution in [-0.2, 0) is 9.53 Å². The molecule has 0 aromatic heterocycles. The zero-order valence-electron chi connectivity index (χ0n) is 19.0. The van der Waals surface area contributed by atoms with Gasteiger partial charge in [0.15, 0.2) is 11.6 Å². The Morgan fingerprint density at radius 2 is 1.57 bits per heavy atom. The summed E-state index contributed by atoms with van der Waals surface area (Å²) in [6, 6.07) is 20.8. The van der Waals surface area contributed by atoms with Crippen molar-refractivity contribution < 1.29 is 19.1 Å². The van der Waals surface area contributed by atoms with E-state index in [4.69, 9.17) is 4.74 Å². The Balaban J connectivity index is 1.67. The van der Waals surface area contributed by atoms with Crippen LogP contribution in [0.15, 0.2) is 83.3 Å². The van der Waals surface area contributed by atoms with E-state index in [9.17, 15) is 14.4 Å². The molecule has 174 valence electrons. The average Bonchev–Trinajstić information content (AvgIpc) is 3.31. The number of ketones is 2. The number of para-hydroxylation sites is 1. The van der Waals surface area contributed by atoms with Gasteiger partial charge >= 0.3 is 5.97 Å². The number of carbonyl (C=O) groups excluding carboxylic acids is 3. The quantitative estimate of drug-likeness (QED) is 0.335. The summed E-state index contributed by atoms with van der Waals surface area (Å²) in [5.74, 6) is -1.65. The van der Waals surface area contributed by atoms with Gasteiger partial charge in [-0.15, -0.1) is 0 Å². The second-order valence-electron chi connectivity index (χ2n) is 9.07. The molecule has 5 nitrogen and oxygen atoms in total. The van der Waals surface area contributed by atoms with Gasteiger partial charge in [0.1, 0.15) is 11.5 Å². The van der Waals surface area contributed by atoms with Crippen LogP contribution in [0.4, 0.5) is 5.69 Å². The highest BCUT2D eigenvalue weighted by molar-refractivity contribution is 9.10. The number of ether oxygens (including phenoxy) is 1. The molecule has 6 heteroatoms. The van der Waals surface area contributed by atoms with E-state index in [2.05, 4.69) is 15.9 Å². The molecule has 0 radical (unpaired) electrons. The summed E-state index contributed by atoms with van der Waals surface area (Å²) < 4.78 is 6.45. The van der Waals surface area contributed by atoms with Crippen LogP contribution in [0, 0.1) is 5.41 Å². The first-order valence-electron chi connectivity index (χ1n) is 11.7. The summed E-state index contributed by atoms with van der Waals surface area (Å²) in [5.41, 5.74) is 1.83. The summed E-state index contributed by atoms with van der Waals surface area (Å²) in [6.45, 7) is 1.97. The van der Waals surface area contributed by atoms with Crippen LogP contribution in [0.1, 0.15) is 44.7 Å². The number of hydrogen-bond donors (Lipinski definition) is 0. The molecule has 0 unspecified atom stereocenters. The SMILES string of the molecule is CCOC(=O)[C@H]1[C@H](c2ccc(Br)cc2)C2(C(=O)c3ccccc3C2=O)[C@@H]2C=Cc3ccccc3N21. The van der Waals surface area contributed by atoms with Crippen molar-refractivity contribution >= 4 is 45.2 Å². The minimum Gasteiger partial charge on any atom is -0.464 e. The molecule has 3 atom stereocenters. The molecule has 2 aliphatic heterocycles. The lowest BCUT2D eigenvalue weighted by Gasteiger charge is -2.36. The molecule has 3 aliphatic rings.